The molecule has 1 saturated heterocycles. The molecule has 1 saturated carbocycles. The lowest BCUT2D eigenvalue weighted by molar-refractivity contribution is 0.0747. The van der Waals surface area contributed by atoms with Crippen molar-refractivity contribution in [2.24, 2.45) is 0 Å². The van der Waals surface area contributed by atoms with E-state index in [2.05, 4.69) is 16.0 Å². The van der Waals surface area contributed by atoms with E-state index in [0.717, 1.165) is 42.8 Å². The SMILES string of the molecule is N#Cc1cccc(N2CCN(C(=O)c3cncc4cc(C5CC5)oc34)CC2)c1. The lowest BCUT2D eigenvalue weighted by atomic mass is 10.1. The summed E-state index contributed by atoms with van der Waals surface area (Å²) in [5.41, 5.74) is 2.88. The smallest absolute Gasteiger partial charge is 0.259 e. The van der Waals surface area contributed by atoms with Crippen LogP contribution in [0.25, 0.3) is 11.0 Å². The predicted molar refractivity (Wildman–Crippen MR) is 105 cm³/mol. The number of pyridine rings is 1. The second-order valence-electron chi connectivity index (χ2n) is 7.47. The second kappa shape index (κ2) is 6.68. The van der Waals surface area contributed by atoms with Gasteiger partial charge in [-0.25, -0.2) is 0 Å². The molecule has 2 aliphatic rings. The van der Waals surface area contributed by atoms with Gasteiger partial charge < -0.3 is 14.2 Å². The Morgan fingerprint density at radius 1 is 1.14 bits per heavy atom. The number of carbonyl (C=O) groups is 1. The summed E-state index contributed by atoms with van der Waals surface area (Å²) in [7, 11) is 0. The Kier molecular flexibility index (Phi) is 4.01. The van der Waals surface area contributed by atoms with E-state index < -0.39 is 0 Å². The normalized spacial score (nSPS) is 17.0. The van der Waals surface area contributed by atoms with Crippen LogP contribution < -0.4 is 4.90 Å². The van der Waals surface area contributed by atoms with Gasteiger partial charge in [0.15, 0.2) is 0 Å². The number of nitriles is 1. The quantitative estimate of drug-likeness (QED) is 0.703. The summed E-state index contributed by atoms with van der Waals surface area (Å²) < 4.78 is 6.02. The van der Waals surface area contributed by atoms with Crippen LogP contribution in [0.4, 0.5) is 5.69 Å². The van der Waals surface area contributed by atoms with Crippen molar-refractivity contribution in [3.05, 3.63) is 59.6 Å². The topological polar surface area (TPSA) is 73.4 Å². The number of rotatable bonds is 3. The fourth-order valence-corrected chi connectivity index (χ4v) is 3.81. The van der Waals surface area contributed by atoms with Crippen LogP contribution in [0.3, 0.4) is 0 Å². The molecule has 1 aliphatic carbocycles. The molecule has 140 valence electrons. The molecule has 2 fully saturated rings. The second-order valence-corrected chi connectivity index (χ2v) is 7.47. The van der Waals surface area contributed by atoms with Crippen molar-refractivity contribution in [2.45, 2.75) is 18.8 Å². The first kappa shape index (κ1) is 16.8. The minimum Gasteiger partial charge on any atom is -0.460 e. The van der Waals surface area contributed by atoms with Crippen molar-refractivity contribution in [1.29, 1.82) is 5.26 Å². The number of furan rings is 1. The van der Waals surface area contributed by atoms with Gasteiger partial charge in [-0.05, 0) is 37.1 Å². The zero-order valence-electron chi connectivity index (χ0n) is 15.5. The summed E-state index contributed by atoms with van der Waals surface area (Å²) in [5, 5.41) is 9.99. The van der Waals surface area contributed by atoms with Gasteiger partial charge in [-0.3, -0.25) is 9.78 Å². The van der Waals surface area contributed by atoms with Crippen LogP contribution in [0.1, 0.15) is 40.4 Å². The van der Waals surface area contributed by atoms with E-state index in [-0.39, 0.29) is 5.91 Å². The minimum absolute atomic E-state index is 0.0276. The minimum atomic E-state index is -0.0276. The number of benzene rings is 1. The van der Waals surface area contributed by atoms with Crippen molar-refractivity contribution in [1.82, 2.24) is 9.88 Å². The van der Waals surface area contributed by atoms with Crippen LogP contribution in [0, 0.1) is 11.3 Å². The van der Waals surface area contributed by atoms with E-state index >= 15 is 0 Å². The molecule has 0 spiro atoms. The molecule has 3 aromatic rings. The molecular weight excluding hydrogens is 352 g/mol. The third-order valence-corrected chi connectivity index (χ3v) is 5.56. The van der Waals surface area contributed by atoms with Crippen LogP contribution in [-0.2, 0) is 0 Å². The standard InChI is InChI=1S/C22H20N4O2/c23-12-15-2-1-3-18(10-15)25-6-8-26(9-7-25)22(27)19-14-24-13-17-11-20(16-4-5-16)28-21(17)19/h1-3,10-11,13-14,16H,4-9H2. The lowest BCUT2D eigenvalue weighted by Crippen LogP contribution is -2.48. The van der Waals surface area contributed by atoms with Crippen LogP contribution in [0.5, 0.6) is 0 Å². The largest absolute Gasteiger partial charge is 0.460 e. The van der Waals surface area contributed by atoms with Gasteiger partial charge >= 0.3 is 0 Å². The van der Waals surface area contributed by atoms with E-state index in [1.165, 1.54) is 0 Å². The number of piperazine rings is 1. The van der Waals surface area contributed by atoms with Crippen LogP contribution in [0.15, 0.2) is 47.1 Å². The average molecular weight is 372 g/mol. The molecular formula is C22H20N4O2. The summed E-state index contributed by atoms with van der Waals surface area (Å²) in [4.78, 5) is 21.4. The third-order valence-electron chi connectivity index (χ3n) is 5.56. The van der Waals surface area contributed by atoms with Gasteiger partial charge in [-0.2, -0.15) is 5.26 Å². The van der Waals surface area contributed by atoms with E-state index in [0.29, 0.717) is 35.7 Å². The van der Waals surface area contributed by atoms with Crippen molar-refractivity contribution < 1.29 is 9.21 Å². The highest BCUT2D eigenvalue weighted by atomic mass is 16.3. The highest BCUT2D eigenvalue weighted by Gasteiger charge is 2.29. The summed E-state index contributed by atoms with van der Waals surface area (Å²) in [6.07, 6.45) is 5.70. The molecule has 1 amide bonds. The average Bonchev–Trinajstić information content (AvgIpc) is 3.51. The first-order chi connectivity index (χ1) is 13.7. The number of amides is 1. The Balaban J connectivity index is 1.33. The number of hydrogen-bond acceptors (Lipinski definition) is 5. The van der Waals surface area contributed by atoms with Gasteiger partial charge in [0.05, 0.1) is 11.6 Å². The van der Waals surface area contributed by atoms with Gasteiger partial charge in [-0.15, -0.1) is 0 Å². The van der Waals surface area contributed by atoms with Gasteiger partial charge in [0.25, 0.3) is 5.91 Å². The summed E-state index contributed by atoms with van der Waals surface area (Å²) >= 11 is 0. The number of aromatic nitrogens is 1. The van der Waals surface area contributed by atoms with Crippen molar-refractivity contribution in [2.75, 3.05) is 31.1 Å². The Hall–Kier alpha value is -3.33. The zero-order chi connectivity index (χ0) is 19.1. The summed E-state index contributed by atoms with van der Waals surface area (Å²) in [6, 6.07) is 11.8. The van der Waals surface area contributed by atoms with Gasteiger partial charge in [0.1, 0.15) is 16.9 Å². The van der Waals surface area contributed by atoms with Crippen molar-refractivity contribution in [3.8, 4) is 6.07 Å². The Morgan fingerprint density at radius 3 is 2.71 bits per heavy atom. The first-order valence-corrected chi connectivity index (χ1v) is 9.65. The number of nitrogens with zero attached hydrogens (tertiary/aromatic N) is 4. The number of hydrogen-bond donors (Lipinski definition) is 0. The maximum atomic E-state index is 13.1. The fraction of sp³-hybridized carbons (Fsp3) is 0.318. The van der Waals surface area contributed by atoms with Crippen LogP contribution in [0.2, 0.25) is 0 Å². The van der Waals surface area contributed by atoms with Gasteiger partial charge in [0, 0.05) is 55.6 Å². The molecule has 3 heterocycles. The molecule has 28 heavy (non-hydrogen) atoms. The molecule has 6 nitrogen and oxygen atoms in total. The molecule has 0 radical (unpaired) electrons. The van der Waals surface area contributed by atoms with Gasteiger partial charge in [0.2, 0.25) is 0 Å². The van der Waals surface area contributed by atoms with Crippen molar-refractivity contribution in [3.63, 3.8) is 0 Å². The Labute approximate surface area is 163 Å². The molecule has 0 N–H and O–H groups in total. The number of fused-ring (bicyclic) bond motifs is 1. The maximum absolute atomic E-state index is 13.1. The molecule has 6 heteroatoms. The zero-order valence-corrected chi connectivity index (χ0v) is 15.5. The monoisotopic (exact) mass is 372 g/mol. The highest BCUT2D eigenvalue weighted by molar-refractivity contribution is 6.04. The molecule has 1 aliphatic heterocycles. The summed E-state index contributed by atoms with van der Waals surface area (Å²) in [6.45, 7) is 2.72. The number of anilines is 1. The third kappa shape index (κ3) is 2.99. The first-order valence-electron chi connectivity index (χ1n) is 9.65. The van der Waals surface area contributed by atoms with Crippen molar-refractivity contribution >= 4 is 22.6 Å². The maximum Gasteiger partial charge on any atom is 0.259 e. The Bertz CT molecular complexity index is 1090. The number of carbonyl (C=O) groups excluding carboxylic acids is 1. The summed E-state index contributed by atoms with van der Waals surface area (Å²) in [5.74, 6) is 1.45. The van der Waals surface area contributed by atoms with E-state index in [4.69, 9.17) is 9.68 Å². The molecule has 0 atom stereocenters. The fourth-order valence-electron chi connectivity index (χ4n) is 3.81. The molecule has 2 aromatic heterocycles. The molecule has 0 bridgehead atoms. The lowest BCUT2D eigenvalue weighted by Gasteiger charge is -2.36. The highest BCUT2D eigenvalue weighted by Crippen LogP contribution is 2.42. The van der Waals surface area contributed by atoms with E-state index in [1.807, 2.05) is 29.2 Å². The molecule has 5 rings (SSSR count). The predicted octanol–water partition coefficient (Wildman–Crippen LogP) is 3.54. The van der Waals surface area contributed by atoms with E-state index in [9.17, 15) is 4.79 Å². The van der Waals surface area contributed by atoms with Gasteiger partial charge in [-0.1, -0.05) is 6.07 Å². The van der Waals surface area contributed by atoms with Crippen LogP contribution >= 0.6 is 0 Å². The molecule has 1 aromatic carbocycles. The van der Waals surface area contributed by atoms with E-state index in [1.54, 1.807) is 18.5 Å². The molecule has 0 unspecified atom stereocenters. The Morgan fingerprint density at radius 2 is 1.96 bits per heavy atom. The van der Waals surface area contributed by atoms with Crippen LogP contribution in [-0.4, -0.2) is 42.0 Å².